The Kier molecular flexibility index (Phi) is 1.64. The molecule has 6 nitrogen and oxygen atoms in total. The van der Waals surface area contributed by atoms with Crippen LogP contribution in [-0.2, 0) is 5.54 Å². The topological polar surface area (TPSA) is 101 Å². The Bertz CT molecular complexity index is 193. The van der Waals surface area contributed by atoms with Gasteiger partial charge >= 0.3 is 0 Å². The molecule has 0 aliphatic rings. The fourth-order valence-electron chi connectivity index (χ4n) is 0.474. The summed E-state index contributed by atoms with van der Waals surface area (Å²) < 4.78 is 0. The van der Waals surface area contributed by atoms with E-state index in [9.17, 15) is 0 Å². The minimum Gasteiger partial charge on any atom is -0.394 e. The molecule has 0 fully saturated rings. The molecule has 0 aromatic carbocycles. The maximum absolute atomic E-state index is 8.72. The van der Waals surface area contributed by atoms with E-state index in [4.69, 9.17) is 10.8 Å². The lowest BCUT2D eigenvalue weighted by Gasteiger charge is -2.15. The number of tetrazole rings is 1. The summed E-state index contributed by atoms with van der Waals surface area (Å²) in [6.45, 7) is 1.42. The molecule has 0 aliphatic carbocycles. The van der Waals surface area contributed by atoms with E-state index in [0.29, 0.717) is 5.82 Å². The normalized spacial score (nSPS) is 16.7. The lowest BCUT2D eigenvalue weighted by molar-refractivity contribution is 0.203. The van der Waals surface area contributed by atoms with Crippen molar-refractivity contribution in [3.63, 3.8) is 0 Å². The van der Waals surface area contributed by atoms with Gasteiger partial charge in [-0.2, -0.15) is 5.21 Å². The summed E-state index contributed by atoms with van der Waals surface area (Å²) in [4.78, 5) is 0. The Balaban J connectivity index is 2.85. The molecule has 1 heterocycles. The van der Waals surface area contributed by atoms with Gasteiger partial charge in [0.2, 0.25) is 0 Å². The highest BCUT2D eigenvalue weighted by Gasteiger charge is 2.24. The number of nitrogens with one attached hydrogen (secondary N) is 1. The number of nitrogens with zero attached hydrogens (tertiary/aromatic N) is 3. The maximum atomic E-state index is 8.72. The molecule has 1 aromatic heterocycles. The zero-order valence-electron chi connectivity index (χ0n) is 5.57. The molecule has 1 aromatic rings. The molecule has 0 saturated carbocycles. The van der Waals surface area contributed by atoms with Gasteiger partial charge in [-0.05, 0) is 6.92 Å². The average molecular weight is 143 g/mol. The number of rotatable bonds is 2. The van der Waals surface area contributed by atoms with E-state index in [2.05, 4.69) is 20.6 Å². The fraction of sp³-hybridized carbons (Fsp3) is 0.750. The van der Waals surface area contributed by atoms with Crippen LogP contribution in [0.4, 0.5) is 0 Å². The third-order valence-corrected chi connectivity index (χ3v) is 1.18. The molecule has 0 saturated heterocycles. The number of aliphatic hydroxyl groups excluding tert-OH is 1. The first-order chi connectivity index (χ1) is 4.67. The molecule has 6 heteroatoms. The molecule has 0 spiro atoms. The van der Waals surface area contributed by atoms with Gasteiger partial charge in [-0.1, -0.05) is 5.21 Å². The molecule has 1 unspecified atom stereocenters. The second-order valence-corrected chi connectivity index (χ2v) is 2.31. The maximum Gasteiger partial charge on any atom is 0.196 e. The van der Waals surface area contributed by atoms with E-state index in [0.717, 1.165) is 0 Å². The summed E-state index contributed by atoms with van der Waals surface area (Å²) in [5, 5.41) is 21.5. The summed E-state index contributed by atoms with van der Waals surface area (Å²) in [7, 11) is 0. The highest BCUT2D eigenvalue weighted by molar-refractivity contribution is 4.97. The molecule has 10 heavy (non-hydrogen) atoms. The predicted octanol–water partition coefficient (Wildman–Crippen LogP) is -1.63. The number of nitrogens with two attached hydrogens (primary N) is 1. The smallest absolute Gasteiger partial charge is 0.196 e. The molecule has 0 radical (unpaired) electrons. The van der Waals surface area contributed by atoms with Crippen molar-refractivity contribution in [3.8, 4) is 0 Å². The van der Waals surface area contributed by atoms with Crippen molar-refractivity contribution in [1.29, 1.82) is 0 Å². The third-order valence-electron chi connectivity index (χ3n) is 1.18. The van der Waals surface area contributed by atoms with Crippen molar-refractivity contribution in [3.05, 3.63) is 5.82 Å². The van der Waals surface area contributed by atoms with E-state index in [-0.39, 0.29) is 6.61 Å². The zero-order valence-corrected chi connectivity index (χ0v) is 5.57. The van der Waals surface area contributed by atoms with E-state index >= 15 is 0 Å². The average Bonchev–Trinajstić information content (AvgIpc) is 2.38. The molecule has 1 atom stereocenters. The number of aliphatic hydroxyl groups is 1. The first-order valence-corrected chi connectivity index (χ1v) is 2.80. The number of hydrogen-bond donors (Lipinski definition) is 3. The molecule has 1 rings (SSSR count). The Morgan fingerprint density at radius 2 is 2.50 bits per heavy atom. The van der Waals surface area contributed by atoms with Gasteiger partial charge in [-0.15, -0.1) is 10.2 Å². The van der Waals surface area contributed by atoms with Gasteiger partial charge in [0.25, 0.3) is 0 Å². The van der Waals surface area contributed by atoms with E-state index in [1.165, 1.54) is 0 Å². The third kappa shape index (κ3) is 1.12. The first-order valence-electron chi connectivity index (χ1n) is 2.80. The molecular formula is C4H9N5O. The van der Waals surface area contributed by atoms with E-state index < -0.39 is 5.54 Å². The van der Waals surface area contributed by atoms with Crippen molar-refractivity contribution < 1.29 is 5.11 Å². The summed E-state index contributed by atoms with van der Waals surface area (Å²) in [6, 6.07) is 0. The number of hydrogen-bond acceptors (Lipinski definition) is 5. The van der Waals surface area contributed by atoms with Gasteiger partial charge in [0.05, 0.1) is 6.61 Å². The number of H-pyrrole nitrogens is 1. The van der Waals surface area contributed by atoms with Crippen LogP contribution in [0.25, 0.3) is 0 Å². The van der Waals surface area contributed by atoms with Crippen LogP contribution in [0.5, 0.6) is 0 Å². The van der Waals surface area contributed by atoms with Crippen LogP contribution >= 0.6 is 0 Å². The Morgan fingerprint density at radius 3 is 2.90 bits per heavy atom. The van der Waals surface area contributed by atoms with Crippen molar-refractivity contribution >= 4 is 0 Å². The first kappa shape index (κ1) is 7.10. The molecule has 0 aliphatic heterocycles. The monoisotopic (exact) mass is 143 g/mol. The van der Waals surface area contributed by atoms with Crippen LogP contribution in [0, 0.1) is 0 Å². The van der Waals surface area contributed by atoms with Crippen LogP contribution in [0.1, 0.15) is 12.7 Å². The molecule has 0 amide bonds. The SMILES string of the molecule is CC(N)(CO)c1nn[nH]n1. The van der Waals surface area contributed by atoms with Crippen LogP contribution in [0.15, 0.2) is 0 Å². The highest BCUT2D eigenvalue weighted by Crippen LogP contribution is 2.08. The van der Waals surface area contributed by atoms with Gasteiger partial charge in [0.1, 0.15) is 5.54 Å². The summed E-state index contributed by atoms with van der Waals surface area (Å²) in [6.07, 6.45) is 0. The Labute approximate surface area is 57.4 Å². The molecule has 4 N–H and O–H groups in total. The van der Waals surface area contributed by atoms with Crippen molar-refractivity contribution in [2.45, 2.75) is 12.5 Å². The quantitative estimate of drug-likeness (QED) is 0.461. The van der Waals surface area contributed by atoms with Crippen molar-refractivity contribution in [2.24, 2.45) is 5.73 Å². The summed E-state index contributed by atoms with van der Waals surface area (Å²) in [5.74, 6) is 0.315. The number of aromatic amines is 1. The molecular weight excluding hydrogens is 134 g/mol. The van der Waals surface area contributed by atoms with Gasteiger partial charge in [0.15, 0.2) is 5.82 Å². The Morgan fingerprint density at radius 1 is 1.80 bits per heavy atom. The van der Waals surface area contributed by atoms with Crippen molar-refractivity contribution in [2.75, 3.05) is 6.61 Å². The van der Waals surface area contributed by atoms with E-state index in [1.807, 2.05) is 0 Å². The highest BCUT2D eigenvalue weighted by atomic mass is 16.3. The van der Waals surface area contributed by atoms with Crippen molar-refractivity contribution in [1.82, 2.24) is 20.6 Å². The van der Waals surface area contributed by atoms with Gasteiger partial charge < -0.3 is 10.8 Å². The second-order valence-electron chi connectivity index (χ2n) is 2.31. The summed E-state index contributed by atoms with van der Waals surface area (Å²) in [5.41, 5.74) is 4.65. The Hall–Kier alpha value is -1.01. The second kappa shape index (κ2) is 2.31. The molecule has 56 valence electrons. The van der Waals surface area contributed by atoms with E-state index in [1.54, 1.807) is 6.92 Å². The van der Waals surface area contributed by atoms with Crippen LogP contribution in [0.3, 0.4) is 0 Å². The summed E-state index contributed by atoms with van der Waals surface area (Å²) >= 11 is 0. The fourth-order valence-corrected chi connectivity index (χ4v) is 0.474. The van der Waals surface area contributed by atoms with Gasteiger partial charge in [0, 0.05) is 0 Å². The van der Waals surface area contributed by atoms with Crippen LogP contribution in [0.2, 0.25) is 0 Å². The van der Waals surface area contributed by atoms with Gasteiger partial charge in [-0.3, -0.25) is 0 Å². The lowest BCUT2D eigenvalue weighted by Crippen LogP contribution is -2.38. The van der Waals surface area contributed by atoms with Crippen LogP contribution < -0.4 is 5.73 Å². The van der Waals surface area contributed by atoms with Gasteiger partial charge in [-0.25, -0.2) is 0 Å². The molecule has 0 bridgehead atoms. The minimum atomic E-state index is -0.896. The standard InChI is InChI=1S/C4H9N5O/c1-4(5,2-10)3-6-8-9-7-3/h10H,2,5H2,1H3,(H,6,7,8,9). The van der Waals surface area contributed by atoms with Crippen LogP contribution in [-0.4, -0.2) is 32.3 Å². The minimum absolute atomic E-state index is 0.202. The predicted molar refractivity (Wildman–Crippen MR) is 32.8 cm³/mol. The number of aromatic nitrogens is 4. The lowest BCUT2D eigenvalue weighted by atomic mass is 10.1. The largest absolute Gasteiger partial charge is 0.394 e. The zero-order chi connectivity index (χ0) is 7.61.